The predicted molar refractivity (Wildman–Crippen MR) is 84.8 cm³/mol. The Bertz CT molecular complexity index is 637. The number of rotatable bonds is 5. The van der Waals surface area contributed by atoms with E-state index in [9.17, 15) is 4.39 Å². The van der Waals surface area contributed by atoms with E-state index in [0.29, 0.717) is 21.5 Å². The third-order valence-electron chi connectivity index (χ3n) is 3.08. The first kappa shape index (κ1) is 15.9. The highest BCUT2D eigenvalue weighted by Gasteiger charge is 2.15. The van der Waals surface area contributed by atoms with Crippen LogP contribution in [0.1, 0.15) is 11.6 Å². The van der Waals surface area contributed by atoms with E-state index in [-0.39, 0.29) is 18.4 Å². The van der Waals surface area contributed by atoms with Crippen molar-refractivity contribution in [3.63, 3.8) is 0 Å². The lowest BCUT2D eigenvalue weighted by Gasteiger charge is -2.20. The fraction of sp³-hybridized carbons (Fsp3) is 0.200. The van der Waals surface area contributed by atoms with E-state index in [1.807, 2.05) is 0 Å². The number of benzene rings is 2. The maximum Gasteiger partial charge on any atom is 0.146 e. The number of anilines is 1. The molecular weight excluding hydrogens is 314 g/mol. The van der Waals surface area contributed by atoms with Gasteiger partial charge in [-0.2, -0.15) is 0 Å². The molecule has 0 fully saturated rings. The maximum atomic E-state index is 13.9. The van der Waals surface area contributed by atoms with Gasteiger partial charge in [-0.3, -0.25) is 0 Å². The third kappa shape index (κ3) is 3.79. The Morgan fingerprint density at radius 1 is 1.24 bits per heavy atom. The van der Waals surface area contributed by atoms with Crippen molar-refractivity contribution in [1.82, 2.24) is 0 Å². The molecule has 21 heavy (non-hydrogen) atoms. The summed E-state index contributed by atoms with van der Waals surface area (Å²) in [6, 6.07) is 9.23. The lowest BCUT2D eigenvalue weighted by atomic mass is 10.1. The van der Waals surface area contributed by atoms with Crippen LogP contribution in [-0.4, -0.2) is 13.7 Å². The van der Waals surface area contributed by atoms with Crippen LogP contribution in [0.5, 0.6) is 5.75 Å². The first-order chi connectivity index (χ1) is 10.0. The van der Waals surface area contributed by atoms with E-state index in [1.165, 1.54) is 13.2 Å². The zero-order valence-corrected chi connectivity index (χ0v) is 12.9. The van der Waals surface area contributed by atoms with Gasteiger partial charge in [-0.1, -0.05) is 29.3 Å². The Labute approximate surface area is 132 Å². The molecule has 0 radical (unpaired) electrons. The highest BCUT2D eigenvalue weighted by atomic mass is 35.5. The molecule has 0 spiro atoms. The molecule has 0 saturated heterocycles. The molecule has 0 saturated carbocycles. The summed E-state index contributed by atoms with van der Waals surface area (Å²) >= 11 is 12.0. The van der Waals surface area contributed by atoms with Crippen molar-refractivity contribution in [3.8, 4) is 5.75 Å². The molecule has 2 rings (SSSR count). The Hall–Kier alpha value is -1.49. The molecule has 0 heterocycles. The Morgan fingerprint density at radius 2 is 2.00 bits per heavy atom. The Morgan fingerprint density at radius 3 is 2.62 bits per heavy atom. The second-order valence-electron chi connectivity index (χ2n) is 4.44. The number of nitrogens with one attached hydrogen (secondary N) is 1. The van der Waals surface area contributed by atoms with Gasteiger partial charge in [0.1, 0.15) is 11.6 Å². The summed E-state index contributed by atoms with van der Waals surface area (Å²) in [5.41, 5.74) is 6.83. The van der Waals surface area contributed by atoms with Crippen LogP contribution >= 0.6 is 23.2 Å². The molecule has 0 aliphatic carbocycles. The average molecular weight is 329 g/mol. The number of hydrogen-bond acceptors (Lipinski definition) is 3. The lowest BCUT2D eigenvalue weighted by molar-refractivity contribution is 0.414. The minimum atomic E-state index is -0.390. The number of hydrogen-bond donors (Lipinski definition) is 2. The first-order valence-corrected chi connectivity index (χ1v) is 7.06. The first-order valence-electron chi connectivity index (χ1n) is 6.30. The standard InChI is InChI=1S/C15H15Cl2FN2O/c1-21-10-3-5-13(18)14(7-10)20-15(8-19)11-4-2-9(16)6-12(11)17/h2-7,15,20H,8,19H2,1H3. The van der Waals surface area contributed by atoms with E-state index in [4.69, 9.17) is 33.7 Å². The molecule has 2 aromatic carbocycles. The van der Waals surface area contributed by atoms with Crippen molar-refractivity contribution >= 4 is 28.9 Å². The number of halogens is 3. The summed E-state index contributed by atoms with van der Waals surface area (Å²) in [6.45, 7) is 0.248. The zero-order valence-electron chi connectivity index (χ0n) is 11.4. The highest BCUT2D eigenvalue weighted by molar-refractivity contribution is 6.35. The predicted octanol–water partition coefficient (Wildman–Crippen LogP) is 4.25. The smallest absolute Gasteiger partial charge is 0.146 e. The van der Waals surface area contributed by atoms with E-state index >= 15 is 0 Å². The number of ether oxygens (including phenoxy) is 1. The molecule has 0 amide bonds. The largest absolute Gasteiger partial charge is 0.497 e. The van der Waals surface area contributed by atoms with Crippen LogP contribution in [0.3, 0.4) is 0 Å². The summed E-state index contributed by atoms with van der Waals surface area (Å²) in [6.07, 6.45) is 0. The zero-order chi connectivity index (χ0) is 15.4. The molecule has 0 aliphatic heterocycles. The molecule has 1 atom stereocenters. The average Bonchev–Trinajstić information content (AvgIpc) is 2.47. The monoisotopic (exact) mass is 328 g/mol. The molecule has 0 aromatic heterocycles. The molecule has 0 bridgehead atoms. The molecule has 1 unspecified atom stereocenters. The summed E-state index contributed by atoms with van der Waals surface area (Å²) < 4.78 is 19.0. The van der Waals surface area contributed by atoms with Crippen LogP contribution in [0.2, 0.25) is 10.0 Å². The van der Waals surface area contributed by atoms with Crippen molar-refractivity contribution in [2.24, 2.45) is 5.73 Å². The second kappa shape index (κ2) is 6.98. The van der Waals surface area contributed by atoms with Gasteiger partial charge >= 0.3 is 0 Å². The van der Waals surface area contributed by atoms with Crippen LogP contribution in [0.4, 0.5) is 10.1 Å². The summed E-state index contributed by atoms with van der Waals surface area (Å²) in [5.74, 6) is 0.163. The van der Waals surface area contributed by atoms with Gasteiger partial charge in [0, 0.05) is 22.7 Å². The second-order valence-corrected chi connectivity index (χ2v) is 5.29. The lowest BCUT2D eigenvalue weighted by Crippen LogP contribution is -2.21. The van der Waals surface area contributed by atoms with Crippen molar-refractivity contribution in [1.29, 1.82) is 0 Å². The number of methoxy groups -OCH3 is 1. The minimum absolute atomic E-state index is 0.248. The number of nitrogens with two attached hydrogens (primary N) is 1. The van der Waals surface area contributed by atoms with Gasteiger partial charge in [-0.25, -0.2) is 4.39 Å². The van der Waals surface area contributed by atoms with Crippen molar-refractivity contribution in [3.05, 3.63) is 57.8 Å². The summed E-state index contributed by atoms with van der Waals surface area (Å²) in [5, 5.41) is 4.06. The Balaban J connectivity index is 2.30. The van der Waals surface area contributed by atoms with Gasteiger partial charge in [-0.05, 0) is 29.8 Å². The fourth-order valence-corrected chi connectivity index (χ4v) is 2.52. The topological polar surface area (TPSA) is 47.3 Å². The molecule has 0 aliphatic rings. The van der Waals surface area contributed by atoms with Crippen LogP contribution in [-0.2, 0) is 0 Å². The van der Waals surface area contributed by atoms with Crippen LogP contribution in [0, 0.1) is 5.82 Å². The van der Waals surface area contributed by atoms with E-state index in [0.717, 1.165) is 5.56 Å². The molecule has 3 nitrogen and oxygen atoms in total. The molecule has 112 valence electrons. The molecule has 6 heteroatoms. The summed E-state index contributed by atoms with van der Waals surface area (Å²) in [4.78, 5) is 0. The molecule has 2 aromatic rings. The quantitative estimate of drug-likeness (QED) is 0.862. The van der Waals surface area contributed by atoms with Gasteiger partial charge in [0.05, 0.1) is 18.8 Å². The third-order valence-corrected chi connectivity index (χ3v) is 3.64. The van der Waals surface area contributed by atoms with Crippen molar-refractivity contribution < 1.29 is 9.13 Å². The van der Waals surface area contributed by atoms with Gasteiger partial charge in [0.2, 0.25) is 0 Å². The van der Waals surface area contributed by atoms with Crippen LogP contribution in [0.15, 0.2) is 36.4 Å². The van der Waals surface area contributed by atoms with E-state index in [1.54, 1.807) is 30.3 Å². The van der Waals surface area contributed by atoms with E-state index in [2.05, 4.69) is 5.32 Å². The Kier molecular flexibility index (Phi) is 5.28. The van der Waals surface area contributed by atoms with Gasteiger partial charge in [0.25, 0.3) is 0 Å². The van der Waals surface area contributed by atoms with Crippen LogP contribution in [0.25, 0.3) is 0 Å². The normalized spacial score (nSPS) is 12.0. The van der Waals surface area contributed by atoms with E-state index < -0.39 is 0 Å². The van der Waals surface area contributed by atoms with Crippen molar-refractivity contribution in [2.45, 2.75) is 6.04 Å². The maximum absolute atomic E-state index is 13.9. The van der Waals surface area contributed by atoms with Gasteiger partial charge < -0.3 is 15.8 Å². The fourth-order valence-electron chi connectivity index (χ4n) is 1.98. The van der Waals surface area contributed by atoms with Crippen molar-refractivity contribution in [2.75, 3.05) is 19.0 Å². The van der Waals surface area contributed by atoms with Gasteiger partial charge in [-0.15, -0.1) is 0 Å². The minimum Gasteiger partial charge on any atom is -0.497 e. The van der Waals surface area contributed by atoms with Crippen LogP contribution < -0.4 is 15.8 Å². The SMILES string of the molecule is COc1ccc(F)c(NC(CN)c2ccc(Cl)cc2Cl)c1. The molecular formula is C15H15Cl2FN2O. The highest BCUT2D eigenvalue weighted by Crippen LogP contribution is 2.30. The van der Waals surface area contributed by atoms with Gasteiger partial charge in [0.15, 0.2) is 0 Å². The summed E-state index contributed by atoms with van der Waals surface area (Å²) in [7, 11) is 1.52. The molecule has 3 N–H and O–H groups in total.